The van der Waals surface area contributed by atoms with Crippen LogP contribution in [0.4, 0.5) is 0 Å². The molecule has 0 amide bonds. The fraction of sp³-hybridized carbons (Fsp3) is 0.375. The number of hydrogen-bond donors (Lipinski definition) is 1. The summed E-state index contributed by atoms with van der Waals surface area (Å²) in [4.78, 5) is 0. The van der Waals surface area contributed by atoms with E-state index in [0.717, 1.165) is 45.1 Å². The molecule has 0 saturated heterocycles. The Hall–Kier alpha value is -0.770. The van der Waals surface area contributed by atoms with Crippen LogP contribution in [0, 0.1) is 13.8 Å². The van der Waals surface area contributed by atoms with Crippen LogP contribution < -0.4 is 5.32 Å². The highest BCUT2D eigenvalue weighted by molar-refractivity contribution is 9.10. The number of nitrogens with one attached hydrogen (secondary N) is 1. The van der Waals surface area contributed by atoms with E-state index in [0.29, 0.717) is 0 Å². The molecule has 1 aromatic heterocycles. The van der Waals surface area contributed by atoms with Crippen LogP contribution in [-0.2, 0) is 0 Å². The van der Waals surface area contributed by atoms with Crippen LogP contribution in [0.25, 0.3) is 0 Å². The van der Waals surface area contributed by atoms with Gasteiger partial charge in [-0.25, -0.2) is 0 Å². The first-order chi connectivity index (χ1) is 9.52. The van der Waals surface area contributed by atoms with Crippen molar-refractivity contribution in [3.63, 3.8) is 0 Å². The Morgan fingerprint density at radius 2 is 2.00 bits per heavy atom. The molecule has 1 aromatic carbocycles. The minimum absolute atomic E-state index is 0.0531. The molecule has 1 unspecified atom stereocenters. The lowest BCUT2D eigenvalue weighted by molar-refractivity contribution is 0.493. The molecule has 0 bridgehead atoms. The summed E-state index contributed by atoms with van der Waals surface area (Å²) in [6.07, 6.45) is 1.07. The van der Waals surface area contributed by atoms with Gasteiger partial charge in [-0.15, -0.1) is 0 Å². The predicted octanol–water partition coefficient (Wildman–Crippen LogP) is 5.40. The topological polar surface area (TPSA) is 25.2 Å². The van der Waals surface area contributed by atoms with Gasteiger partial charge in [0.2, 0.25) is 0 Å². The van der Waals surface area contributed by atoms with E-state index in [1.807, 2.05) is 26.0 Å². The molecular weight excluding hydrogens is 338 g/mol. The molecule has 0 aliphatic rings. The average molecular weight is 357 g/mol. The van der Waals surface area contributed by atoms with E-state index in [9.17, 15) is 0 Å². The quantitative estimate of drug-likeness (QED) is 0.775. The SMILES string of the molecule is CCCNC(c1cc(Br)ccc1Cl)c1cc(C)oc1C. The number of hydrogen-bond acceptors (Lipinski definition) is 2. The zero-order chi connectivity index (χ0) is 14.7. The normalized spacial score (nSPS) is 12.7. The van der Waals surface area contributed by atoms with Gasteiger partial charge in [0.15, 0.2) is 0 Å². The maximum absolute atomic E-state index is 6.39. The van der Waals surface area contributed by atoms with E-state index in [1.165, 1.54) is 0 Å². The van der Waals surface area contributed by atoms with Gasteiger partial charge in [-0.05, 0) is 56.6 Å². The molecule has 108 valence electrons. The first-order valence-corrected chi connectivity index (χ1v) is 7.95. The van der Waals surface area contributed by atoms with Gasteiger partial charge in [-0.1, -0.05) is 34.5 Å². The Kier molecular flexibility index (Phi) is 5.30. The van der Waals surface area contributed by atoms with Gasteiger partial charge in [-0.3, -0.25) is 0 Å². The molecule has 0 aliphatic carbocycles. The predicted molar refractivity (Wildman–Crippen MR) is 87.5 cm³/mol. The van der Waals surface area contributed by atoms with Crippen molar-refractivity contribution in [1.29, 1.82) is 0 Å². The lowest BCUT2D eigenvalue weighted by Crippen LogP contribution is -2.23. The molecule has 0 saturated carbocycles. The van der Waals surface area contributed by atoms with Gasteiger partial charge >= 0.3 is 0 Å². The Balaban J connectivity index is 2.46. The summed E-state index contributed by atoms with van der Waals surface area (Å²) in [6.45, 7) is 7.04. The molecule has 1 atom stereocenters. The van der Waals surface area contributed by atoms with Crippen molar-refractivity contribution in [2.75, 3.05) is 6.54 Å². The van der Waals surface area contributed by atoms with Gasteiger partial charge in [0.1, 0.15) is 11.5 Å². The second kappa shape index (κ2) is 6.79. The maximum atomic E-state index is 6.39. The molecule has 2 rings (SSSR count). The Morgan fingerprint density at radius 3 is 2.60 bits per heavy atom. The molecule has 0 radical (unpaired) electrons. The fourth-order valence-corrected chi connectivity index (χ4v) is 2.95. The standard InChI is InChI=1S/C16H19BrClNO/c1-4-7-19-16(13-8-10(2)20-11(13)3)14-9-12(17)5-6-15(14)18/h5-6,8-9,16,19H,4,7H2,1-3H3. The van der Waals surface area contributed by atoms with Crippen LogP contribution in [-0.4, -0.2) is 6.54 Å². The summed E-state index contributed by atoms with van der Waals surface area (Å²) in [6, 6.07) is 8.08. The molecule has 20 heavy (non-hydrogen) atoms. The molecule has 1 N–H and O–H groups in total. The molecule has 2 aromatic rings. The molecule has 0 fully saturated rings. The lowest BCUT2D eigenvalue weighted by atomic mass is 9.98. The van der Waals surface area contributed by atoms with Crippen LogP contribution in [0.1, 0.15) is 42.0 Å². The second-order valence-electron chi connectivity index (χ2n) is 4.92. The minimum Gasteiger partial charge on any atom is -0.466 e. The van der Waals surface area contributed by atoms with Crippen molar-refractivity contribution in [2.24, 2.45) is 0 Å². The van der Waals surface area contributed by atoms with E-state index in [1.54, 1.807) is 0 Å². The summed E-state index contributed by atoms with van der Waals surface area (Å²) >= 11 is 9.91. The van der Waals surface area contributed by atoms with Gasteiger partial charge in [0.25, 0.3) is 0 Å². The van der Waals surface area contributed by atoms with E-state index in [4.69, 9.17) is 16.0 Å². The lowest BCUT2D eigenvalue weighted by Gasteiger charge is -2.20. The number of aryl methyl sites for hydroxylation is 2. The van der Waals surface area contributed by atoms with E-state index in [2.05, 4.69) is 40.3 Å². The van der Waals surface area contributed by atoms with Crippen LogP contribution in [0.3, 0.4) is 0 Å². The van der Waals surface area contributed by atoms with Gasteiger partial charge < -0.3 is 9.73 Å². The van der Waals surface area contributed by atoms with Crippen LogP contribution in [0.15, 0.2) is 33.2 Å². The Labute approximate surface area is 133 Å². The van der Waals surface area contributed by atoms with Crippen LogP contribution in [0.2, 0.25) is 5.02 Å². The van der Waals surface area contributed by atoms with Crippen molar-refractivity contribution in [2.45, 2.75) is 33.2 Å². The van der Waals surface area contributed by atoms with Crippen molar-refractivity contribution >= 4 is 27.5 Å². The zero-order valence-corrected chi connectivity index (χ0v) is 14.3. The monoisotopic (exact) mass is 355 g/mol. The highest BCUT2D eigenvalue weighted by atomic mass is 79.9. The van der Waals surface area contributed by atoms with Crippen molar-refractivity contribution in [3.8, 4) is 0 Å². The summed E-state index contributed by atoms with van der Waals surface area (Å²) in [5, 5.41) is 4.32. The first-order valence-electron chi connectivity index (χ1n) is 6.78. The van der Waals surface area contributed by atoms with Crippen LogP contribution >= 0.6 is 27.5 Å². The second-order valence-corrected chi connectivity index (χ2v) is 6.24. The third-order valence-corrected chi connectivity index (χ3v) is 4.10. The number of benzene rings is 1. The van der Waals surface area contributed by atoms with Crippen molar-refractivity contribution in [3.05, 3.63) is 56.4 Å². The Bertz CT molecular complexity index is 594. The van der Waals surface area contributed by atoms with Crippen molar-refractivity contribution in [1.82, 2.24) is 5.32 Å². The highest BCUT2D eigenvalue weighted by Gasteiger charge is 2.21. The summed E-state index contributed by atoms with van der Waals surface area (Å²) in [7, 11) is 0. The van der Waals surface area contributed by atoms with Gasteiger partial charge in [0.05, 0.1) is 6.04 Å². The van der Waals surface area contributed by atoms with E-state index in [-0.39, 0.29) is 6.04 Å². The molecular formula is C16H19BrClNO. The fourth-order valence-electron chi connectivity index (χ4n) is 2.35. The minimum atomic E-state index is 0.0531. The van der Waals surface area contributed by atoms with E-state index >= 15 is 0 Å². The molecule has 2 nitrogen and oxygen atoms in total. The van der Waals surface area contributed by atoms with E-state index < -0.39 is 0 Å². The molecule has 0 aliphatic heterocycles. The number of furan rings is 1. The number of halogens is 2. The van der Waals surface area contributed by atoms with Gasteiger partial charge in [0, 0.05) is 15.1 Å². The third kappa shape index (κ3) is 3.46. The third-order valence-electron chi connectivity index (χ3n) is 3.26. The maximum Gasteiger partial charge on any atom is 0.106 e. The number of rotatable bonds is 5. The van der Waals surface area contributed by atoms with Crippen LogP contribution in [0.5, 0.6) is 0 Å². The molecule has 4 heteroatoms. The van der Waals surface area contributed by atoms with Crippen molar-refractivity contribution < 1.29 is 4.42 Å². The summed E-state index contributed by atoms with van der Waals surface area (Å²) < 4.78 is 6.70. The Morgan fingerprint density at radius 1 is 1.25 bits per heavy atom. The first kappa shape index (κ1) is 15.6. The van der Waals surface area contributed by atoms with Gasteiger partial charge in [-0.2, -0.15) is 0 Å². The molecule has 0 spiro atoms. The zero-order valence-electron chi connectivity index (χ0n) is 12.0. The summed E-state index contributed by atoms with van der Waals surface area (Å²) in [5.41, 5.74) is 2.22. The molecule has 1 heterocycles. The largest absolute Gasteiger partial charge is 0.466 e. The average Bonchev–Trinajstić information content (AvgIpc) is 2.73. The smallest absolute Gasteiger partial charge is 0.106 e. The summed E-state index contributed by atoms with van der Waals surface area (Å²) in [5.74, 6) is 1.86. The highest BCUT2D eigenvalue weighted by Crippen LogP contribution is 2.33.